The average molecular weight is 528 g/mol. The van der Waals surface area contributed by atoms with E-state index in [9.17, 15) is 29.5 Å². The Balaban J connectivity index is 1.77. The first kappa shape index (κ1) is 27.5. The molecule has 1 amide bonds. The molecule has 1 aromatic carbocycles. The van der Waals surface area contributed by atoms with E-state index in [0.717, 1.165) is 17.0 Å². The molecule has 1 aromatic heterocycles. The van der Waals surface area contributed by atoms with Crippen LogP contribution in [0.2, 0.25) is 0 Å². The second-order valence-electron chi connectivity index (χ2n) is 10.1. The first-order valence-electron chi connectivity index (χ1n) is 12.7. The number of benzene rings is 1. The quantitative estimate of drug-likeness (QED) is 0.331. The van der Waals surface area contributed by atoms with Crippen LogP contribution in [0.25, 0.3) is 10.9 Å². The first-order chi connectivity index (χ1) is 18.0. The lowest BCUT2D eigenvalue weighted by Gasteiger charge is -2.42. The van der Waals surface area contributed by atoms with Crippen LogP contribution in [0, 0.1) is 11.1 Å². The van der Waals surface area contributed by atoms with E-state index in [1.807, 2.05) is 24.3 Å². The predicted molar refractivity (Wildman–Crippen MR) is 135 cm³/mol. The molecular formula is C27H33N3O8. The Morgan fingerprint density at radius 2 is 1.84 bits per heavy atom. The molecule has 4 rings (SSSR count). The second-order valence-corrected chi connectivity index (χ2v) is 10.1. The molecule has 38 heavy (non-hydrogen) atoms. The SMILES string of the molecule is CC1CCC(O)C=CC(=O)OC(C)C(=O)CC(C2(Cc3c[nH]c4ccccc34)NC(=O)C(C)[NH+]2[O-])C(=O)O1. The van der Waals surface area contributed by atoms with Crippen molar-refractivity contribution in [3.05, 3.63) is 53.4 Å². The van der Waals surface area contributed by atoms with Crippen LogP contribution in [0.3, 0.4) is 0 Å². The number of fused-ring (bicyclic) bond motifs is 1. The minimum absolute atomic E-state index is 0.0526. The number of hydrogen-bond acceptors (Lipinski definition) is 8. The van der Waals surface area contributed by atoms with Crippen LogP contribution in [0.5, 0.6) is 0 Å². The minimum atomic E-state index is -1.76. The number of aromatic amines is 1. The Hall–Kier alpha value is -3.54. The number of aliphatic hydroxyl groups is 1. The topological polar surface area (TPSA) is 162 Å². The molecule has 0 spiro atoms. The summed E-state index contributed by atoms with van der Waals surface area (Å²) in [6, 6.07) is 6.38. The number of carbonyl (C=O) groups excluding carboxylic acids is 4. The Labute approximate surface area is 219 Å². The van der Waals surface area contributed by atoms with Gasteiger partial charge in [-0.2, -0.15) is 0 Å². The number of para-hydroxylation sites is 1. The Kier molecular flexibility index (Phi) is 8.00. The van der Waals surface area contributed by atoms with Gasteiger partial charge >= 0.3 is 11.9 Å². The molecule has 11 heteroatoms. The number of cyclic esters (lactones) is 2. The monoisotopic (exact) mass is 527 g/mol. The number of ether oxygens (including phenoxy) is 2. The lowest BCUT2D eigenvalue weighted by molar-refractivity contribution is -0.914. The average Bonchev–Trinajstić information content (AvgIpc) is 3.38. The van der Waals surface area contributed by atoms with Crippen LogP contribution in [-0.2, 0) is 35.1 Å². The van der Waals surface area contributed by atoms with Crippen molar-refractivity contribution in [3.63, 3.8) is 0 Å². The summed E-state index contributed by atoms with van der Waals surface area (Å²) in [5.74, 6) is -4.18. The number of amides is 1. The zero-order valence-corrected chi connectivity index (χ0v) is 21.6. The largest absolute Gasteiger partial charge is 0.632 e. The van der Waals surface area contributed by atoms with Crippen LogP contribution in [0.1, 0.15) is 45.6 Å². The van der Waals surface area contributed by atoms with Crippen LogP contribution in [-0.4, -0.2) is 63.7 Å². The Bertz CT molecular complexity index is 1260. The van der Waals surface area contributed by atoms with E-state index >= 15 is 0 Å². The normalized spacial score (nSPS) is 33.5. The Morgan fingerprint density at radius 1 is 1.11 bits per heavy atom. The molecule has 7 atom stereocenters. The molecule has 3 heterocycles. The van der Waals surface area contributed by atoms with Crippen molar-refractivity contribution < 1.29 is 38.8 Å². The summed E-state index contributed by atoms with van der Waals surface area (Å²) in [5.41, 5.74) is -0.259. The lowest BCUT2D eigenvalue weighted by Crippen LogP contribution is -3.19. The van der Waals surface area contributed by atoms with Gasteiger partial charge in [0.15, 0.2) is 23.6 Å². The van der Waals surface area contributed by atoms with Crippen molar-refractivity contribution >= 4 is 34.5 Å². The smallest absolute Gasteiger partial charge is 0.331 e. The third-order valence-corrected chi connectivity index (χ3v) is 7.39. The molecule has 204 valence electrons. The summed E-state index contributed by atoms with van der Waals surface area (Å²) >= 11 is 0. The summed E-state index contributed by atoms with van der Waals surface area (Å²) in [4.78, 5) is 55.0. The molecule has 0 bridgehead atoms. The van der Waals surface area contributed by atoms with Crippen molar-refractivity contribution in [1.29, 1.82) is 0 Å². The fourth-order valence-corrected chi connectivity index (χ4v) is 5.12. The van der Waals surface area contributed by atoms with Crippen molar-refractivity contribution in [2.45, 2.75) is 76.5 Å². The third kappa shape index (κ3) is 5.50. The number of H-pyrrole nitrogens is 1. The zero-order valence-electron chi connectivity index (χ0n) is 21.6. The van der Waals surface area contributed by atoms with Crippen LogP contribution < -0.4 is 10.4 Å². The Morgan fingerprint density at radius 3 is 2.55 bits per heavy atom. The van der Waals surface area contributed by atoms with Gasteiger partial charge in [0.25, 0.3) is 5.91 Å². The van der Waals surface area contributed by atoms with Crippen LogP contribution >= 0.6 is 0 Å². The number of nitrogens with one attached hydrogen (secondary N) is 3. The molecule has 7 unspecified atom stereocenters. The number of quaternary nitrogens is 1. The van der Waals surface area contributed by atoms with Gasteiger partial charge in [0.2, 0.25) is 0 Å². The number of aromatic nitrogens is 1. The number of aliphatic hydroxyl groups excluding tert-OH is 1. The number of hydrogen-bond donors (Lipinski definition) is 4. The molecule has 0 radical (unpaired) electrons. The van der Waals surface area contributed by atoms with E-state index in [0.29, 0.717) is 5.56 Å². The highest BCUT2D eigenvalue weighted by Gasteiger charge is 2.59. The number of esters is 2. The number of Topliss-reactive ketones (excluding diaryl/α,β-unsaturated/α-hetero) is 1. The molecular weight excluding hydrogens is 494 g/mol. The lowest BCUT2D eigenvalue weighted by atomic mass is 9.82. The van der Waals surface area contributed by atoms with Gasteiger partial charge in [-0.25, -0.2) is 4.79 Å². The van der Waals surface area contributed by atoms with Crippen LogP contribution in [0.4, 0.5) is 0 Å². The molecule has 11 nitrogen and oxygen atoms in total. The number of carbonyl (C=O) groups is 4. The maximum atomic E-state index is 13.7. The van der Waals surface area contributed by atoms with Crippen molar-refractivity contribution in [2.24, 2.45) is 5.92 Å². The second kappa shape index (κ2) is 11.1. The van der Waals surface area contributed by atoms with Gasteiger partial charge in [-0.15, -0.1) is 0 Å². The van der Waals surface area contributed by atoms with Gasteiger partial charge in [0, 0.05) is 29.6 Å². The first-order valence-corrected chi connectivity index (χ1v) is 12.7. The highest BCUT2D eigenvalue weighted by Crippen LogP contribution is 2.30. The molecule has 0 saturated carbocycles. The van der Waals surface area contributed by atoms with E-state index < -0.39 is 71.0 Å². The standard InChI is InChI=1S/C27H33N3O8/c1-15-8-9-19(31)10-11-24(33)38-17(3)23(32)12-21(26(35)37-15)27(29-25(34)16(2)30(27)36)13-18-14-28-22-7-5-4-6-20(18)22/h4-7,10-11,14-17,19,21,28,30-31H,8-9,12-13H2,1-3H3,(H,29,34). The summed E-state index contributed by atoms with van der Waals surface area (Å²) in [6.45, 7) is 4.47. The number of hydroxylamine groups is 2. The van der Waals surface area contributed by atoms with Crippen LogP contribution in [0.15, 0.2) is 42.6 Å². The highest BCUT2D eigenvalue weighted by atomic mass is 16.6. The molecule has 2 aliphatic rings. The fraction of sp³-hybridized carbons (Fsp3) is 0.481. The molecule has 1 saturated heterocycles. The van der Waals surface area contributed by atoms with Gasteiger partial charge < -0.3 is 29.8 Å². The fourth-order valence-electron chi connectivity index (χ4n) is 5.12. The van der Waals surface area contributed by atoms with Gasteiger partial charge in [-0.1, -0.05) is 18.2 Å². The van der Waals surface area contributed by atoms with Gasteiger partial charge in [0.1, 0.15) is 5.92 Å². The number of rotatable bonds is 3. The summed E-state index contributed by atoms with van der Waals surface area (Å²) < 4.78 is 10.9. The third-order valence-electron chi connectivity index (χ3n) is 7.39. The van der Waals surface area contributed by atoms with Gasteiger partial charge in [-0.05, 0) is 51.3 Å². The predicted octanol–water partition coefficient (Wildman–Crippen LogP) is 0.457. The molecule has 2 aliphatic heterocycles. The van der Waals surface area contributed by atoms with Crippen molar-refractivity contribution in [2.75, 3.05) is 0 Å². The maximum absolute atomic E-state index is 13.7. The maximum Gasteiger partial charge on any atom is 0.331 e. The van der Waals surface area contributed by atoms with E-state index in [1.165, 1.54) is 19.9 Å². The number of ketones is 1. The van der Waals surface area contributed by atoms with Crippen molar-refractivity contribution in [3.8, 4) is 0 Å². The molecule has 1 fully saturated rings. The van der Waals surface area contributed by atoms with Crippen molar-refractivity contribution in [1.82, 2.24) is 10.3 Å². The van der Waals surface area contributed by atoms with E-state index in [1.54, 1.807) is 13.1 Å². The van der Waals surface area contributed by atoms with E-state index in [4.69, 9.17) is 9.47 Å². The summed E-state index contributed by atoms with van der Waals surface area (Å²) in [6.07, 6.45) is 1.04. The van der Waals surface area contributed by atoms with Gasteiger partial charge in [-0.3, -0.25) is 19.7 Å². The van der Waals surface area contributed by atoms with Gasteiger partial charge in [0.05, 0.1) is 18.6 Å². The minimum Gasteiger partial charge on any atom is -0.632 e. The molecule has 4 N–H and O–H groups in total. The van der Waals surface area contributed by atoms with E-state index in [2.05, 4.69) is 10.3 Å². The molecule has 0 aliphatic carbocycles. The van der Waals surface area contributed by atoms with E-state index in [-0.39, 0.29) is 19.3 Å². The molecule has 2 aromatic rings. The summed E-state index contributed by atoms with van der Waals surface area (Å²) in [5, 5.41) is 26.9. The highest BCUT2D eigenvalue weighted by molar-refractivity contribution is 5.92. The summed E-state index contributed by atoms with van der Waals surface area (Å²) in [7, 11) is 0. The zero-order chi connectivity index (χ0) is 27.6.